The van der Waals surface area contributed by atoms with Gasteiger partial charge in [0.05, 0.1) is 7.11 Å². The summed E-state index contributed by atoms with van der Waals surface area (Å²) in [4.78, 5) is 27.2. The molecule has 1 aliphatic heterocycles. The number of methoxy groups -OCH3 is 1. The molecular weight excluding hydrogens is 504 g/mol. The minimum Gasteiger partial charge on any atom is -0.493 e. The molecule has 0 spiro atoms. The summed E-state index contributed by atoms with van der Waals surface area (Å²) in [5.74, 6) is 1.01. The molecule has 9 heteroatoms. The highest BCUT2D eigenvalue weighted by molar-refractivity contribution is 6.06. The molecule has 1 aromatic heterocycles. The van der Waals surface area contributed by atoms with Gasteiger partial charge in [-0.25, -0.2) is 4.98 Å². The third-order valence-corrected chi connectivity index (χ3v) is 6.99. The summed E-state index contributed by atoms with van der Waals surface area (Å²) in [6.07, 6.45) is 1.47. The summed E-state index contributed by atoms with van der Waals surface area (Å²) in [6, 6.07) is 21.3. The molecule has 40 heavy (non-hydrogen) atoms. The lowest BCUT2D eigenvalue weighted by Crippen LogP contribution is -2.44. The van der Waals surface area contributed by atoms with E-state index in [1.54, 1.807) is 19.2 Å². The number of likely N-dealkylation sites (N-methyl/N-ethyl adjacent to an activating group) is 1. The predicted molar refractivity (Wildman–Crippen MR) is 158 cm³/mol. The van der Waals surface area contributed by atoms with Crippen LogP contribution in [0.2, 0.25) is 0 Å². The highest BCUT2D eigenvalue weighted by Gasteiger charge is 2.20. The fourth-order valence-electron chi connectivity index (χ4n) is 4.61. The zero-order chi connectivity index (χ0) is 28.1. The van der Waals surface area contributed by atoms with Crippen LogP contribution in [0.3, 0.4) is 0 Å². The van der Waals surface area contributed by atoms with E-state index in [9.17, 15) is 4.79 Å². The number of benzene rings is 3. The third-order valence-electron chi connectivity index (χ3n) is 6.99. The van der Waals surface area contributed by atoms with Gasteiger partial charge in [-0.05, 0) is 68.4 Å². The number of piperazine rings is 1. The summed E-state index contributed by atoms with van der Waals surface area (Å²) >= 11 is 0. The van der Waals surface area contributed by atoms with E-state index in [0.717, 1.165) is 48.7 Å². The number of carbonyl (C=O) groups excluding carboxylic acids is 1. The summed E-state index contributed by atoms with van der Waals surface area (Å²) in [5.41, 5.74) is 4.87. The molecule has 9 nitrogen and oxygen atoms in total. The average molecular weight is 539 g/mol. The molecule has 1 amide bonds. The Kier molecular flexibility index (Phi) is 8.12. The zero-order valence-corrected chi connectivity index (χ0v) is 23.3. The van der Waals surface area contributed by atoms with Crippen molar-refractivity contribution in [3.63, 3.8) is 0 Å². The quantitative estimate of drug-likeness (QED) is 0.298. The highest BCUT2D eigenvalue weighted by Crippen LogP contribution is 2.33. The van der Waals surface area contributed by atoms with Crippen LogP contribution in [0.15, 0.2) is 72.9 Å². The van der Waals surface area contributed by atoms with Gasteiger partial charge in [-0.15, -0.1) is 0 Å². The minimum absolute atomic E-state index is 0.111. The fourth-order valence-corrected chi connectivity index (χ4v) is 4.61. The number of hydrogen-bond donors (Lipinski definition) is 2. The Morgan fingerprint density at radius 2 is 1.55 bits per heavy atom. The van der Waals surface area contributed by atoms with E-state index in [2.05, 4.69) is 49.6 Å². The maximum Gasteiger partial charge on any atom is 0.262 e. The van der Waals surface area contributed by atoms with Gasteiger partial charge in [0.1, 0.15) is 5.56 Å². The van der Waals surface area contributed by atoms with Gasteiger partial charge < -0.3 is 29.9 Å². The van der Waals surface area contributed by atoms with Crippen LogP contribution >= 0.6 is 0 Å². The molecular formula is C31H34N6O3. The van der Waals surface area contributed by atoms with Crippen LogP contribution < -0.4 is 25.0 Å². The molecule has 0 bridgehead atoms. The maximum atomic E-state index is 13.4. The van der Waals surface area contributed by atoms with E-state index in [1.165, 1.54) is 11.9 Å². The number of hydrogen-bond acceptors (Lipinski definition) is 8. The summed E-state index contributed by atoms with van der Waals surface area (Å²) < 4.78 is 11.6. The lowest BCUT2D eigenvalue weighted by Gasteiger charge is -2.34. The van der Waals surface area contributed by atoms with E-state index >= 15 is 0 Å². The topological polar surface area (TPSA) is 91.9 Å². The molecule has 0 atom stereocenters. The Morgan fingerprint density at radius 1 is 0.875 bits per heavy atom. The van der Waals surface area contributed by atoms with Crippen molar-refractivity contribution in [1.82, 2.24) is 14.9 Å². The molecule has 0 saturated carbocycles. The van der Waals surface area contributed by atoms with Crippen molar-refractivity contribution in [2.75, 3.05) is 55.9 Å². The summed E-state index contributed by atoms with van der Waals surface area (Å²) in [5, 5.41) is 6.24. The van der Waals surface area contributed by atoms with Crippen LogP contribution in [-0.4, -0.2) is 61.1 Å². The third kappa shape index (κ3) is 6.16. The van der Waals surface area contributed by atoms with Crippen molar-refractivity contribution in [2.45, 2.75) is 13.8 Å². The number of para-hydroxylation sites is 3. The molecule has 1 fully saturated rings. The summed E-state index contributed by atoms with van der Waals surface area (Å²) in [6.45, 7) is 8.00. The largest absolute Gasteiger partial charge is 0.493 e. The van der Waals surface area contributed by atoms with E-state index in [4.69, 9.17) is 9.47 Å². The lowest BCUT2D eigenvalue weighted by atomic mass is 10.1. The van der Waals surface area contributed by atoms with Gasteiger partial charge >= 0.3 is 0 Å². The normalized spacial score (nSPS) is 13.6. The lowest BCUT2D eigenvalue weighted by molar-refractivity contribution is 0.102. The van der Waals surface area contributed by atoms with E-state index in [0.29, 0.717) is 17.4 Å². The second-order valence-corrected chi connectivity index (χ2v) is 9.85. The van der Waals surface area contributed by atoms with Gasteiger partial charge in [0.25, 0.3) is 5.91 Å². The standard InChI is InChI=1S/C31H34N6O3/c1-21-8-7-9-22(2)28(21)34-29(38)25-20-32-31(35-30(25)40-27-11-6-5-10-26(27)39-4)33-23-12-14-24(15-13-23)37-18-16-36(3)17-19-37/h5-15,20H,16-19H2,1-4H3,(H,34,38)(H,32,33,35). The molecule has 2 N–H and O–H groups in total. The highest BCUT2D eigenvalue weighted by atomic mass is 16.5. The van der Waals surface area contributed by atoms with Crippen LogP contribution in [0, 0.1) is 13.8 Å². The maximum absolute atomic E-state index is 13.4. The second-order valence-electron chi connectivity index (χ2n) is 9.85. The Hall–Kier alpha value is -4.63. The first-order valence-electron chi connectivity index (χ1n) is 13.3. The van der Waals surface area contributed by atoms with Crippen molar-refractivity contribution in [3.8, 4) is 17.4 Å². The van der Waals surface area contributed by atoms with Crippen LogP contribution in [-0.2, 0) is 0 Å². The van der Waals surface area contributed by atoms with Gasteiger partial charge in [-0.2, -0.15) is 4.98 Å². The van der Waals surface area contributed by atoms with Crippen molar-refractivity contribution in [1.29, 1.82) is 0 Å². The Balaban J connectivity index is 1.41. The van der Waals surface area contributed by atoms with Gasteiger partial charge in [0.15, 0.2) is 11.5 Å². The van der Waals surface area contributed by atoms with Crippen LogP contribution in [0.5, 0.6) is 17.4 Å². The first kappa shape index (κ1) is 27.0. The van der Waals surface area contributed by atoms with E-state index in [1.807, 2.05) is 56.3 Å². The molecule has 4 aromatic rings. The SMILES string of the molecule is COc1ccccc1Oc1nc(Nc2ccc(N3CCN(C)CC3)cc2)ncc1C(=O)Nc1c(C)cccc1C. The van der Waals surface area contributed by atoms with Crippen LogP contribution in [0.4, 0.5) is 23.0 Å². The number of aryl methyl sites for hydroxylation is 2. The van der Waals surface area contributed by atoms with Gasteiger partial charge in [-0.3, -0.25) is 4.79 Å². The molecule has 0 radical (unpaired) electrons. The first-order valence-corrected chi connectivity index (χ1v) is 13.3. The number of anilines is 4. The number of nitrogens with zero attached hydrogens (tertiary/aromatic N) is 4. The van der Waals surface area contributed by atoms with Gasteiger partial charge in [0.2, 0.25) is 11.8 Å². The molecule has 5 rings (SSSR count). The van der Waals surface area contributed by atoms with E-state index in [-0.39, 0.29) is 17.4 Å². The number of ether oxygens (including phenoxy) is 2. The molecule has 0 unspecified atom stereocenters. The Labute approximate surface area is 234 Å². The zero-order valence-electron chi connectivity index (χ0n) is 23.3. The first-order chi connectivity index (χ1) is 19.4. The van der Waals surface area contributed by atoms with Crippen molar-refractivity contribution >= 4 is 28.9 Å². The summed E-state index contributed by atoms with van der Waals surface area (Å²) in [7, 11) is 3.71. The number of aromatic nitrogens is 2. The molecule has 1 aliphatic rings. The molecule has 3 aromatic carbocycles. The number of nitrogens with one attached hydrogen (secondary N) is 2. The second kappa shape index (κ2) is 12.0. The molecule has 206 valence electrons. The Morgan fingerprint density at radius 3 is 2.23 bits per heavy atom. The smallest absolute Gasteiger partial charge is 0.262 e. The van der Waals surface area contributed by atoms with Crippen LogP contribution in [0.25, 0.3) is 0 Å². The van der Waals surface area contributed by atoms with E-state index < -0.39 is 0 Å². The molecule has 2 heterocycles. The van der Waals surface area contributed by atoms with Crippen LogP contribution in [0.1, 0.15) is 21.5 Å². The number of carbonyl (C=O) groups is 1. The predicted octanol–water partition coefficient (Wildman–Crippen LogP) is 5.64. The molecule has 1 saturated heterocycles. The number of amides is 1. The van der Waals surface area contributed by atoms with Gasteiger partial charge in [-0.1, -0.05) is 30.3 Å². The molecule has 0 aliphatic carbocycles. The average Bonchev–Trinajstić information content (AvgIpc) is 2.96. The van der Waals surface area contributed by atoms with Crippen molar-refractivity contribution in [2.24, 2.45) is 0 Å². The van der Waals surface area contributed by atoms with Crippen molar-refractivity contribution in [3.05, 3.63) is 89.6 Å². The van der Waals surface area contributed by atoms with Crippen molar-refractivity contribution < 1.29 is 14.3 Å². The fraction of sp³-hybridized carbons (Fsp3) is 0.258. The van der Waals surface area contributed by atoms with Gasteiger partial charge in [0, 0.05) is 49.4 Å². The monoisotopic (exact) mass is 538 g/mol. The Bertz CT molecular complexity index is 1460. The number of rotatable bonds is 8. The minimum atomic E-state index is -0.370.